The van der Waals surface area contributed by atoms with Crippen molar-refractivity contribution in [2.24, 2.45) is 0 Å². The number of carbonyl (C=O) groups is 1. The molecule has 4 nitrogen and oxygen atoms in total. The molecule has 0 saturated carbocycles. The van der Waals surface area contributed by atoms with E-state index in [9.17, 15) is 4.79 Å². The molecule has 0 radical (unpaired) electrons. The summed E-state index contributed by atoms with van der Waals surface area (Å²) in [5.41, 5.74) is 2.92. The SMILES string of the molecule is Cc1cccc(Oc2ccc(NC(=O)[C@@H](C)Oc3cccc(C)c3)cc2)c1. The number of hydrogen-bond donors (Lipinski definition) is 1. The predicted molar refractivity (Wildman–Crippen MR) is 108 cm³/mol. The third kappa shape index (κ3) is 5.35. The molecule has 0 aliphatic rings. The normalized spacial score (nSPS) is 11.5. The fraction of sp³-hybridized carbons (Fsp3) is 0.174. The van der Waals surface area contributed by atoms with E-state index in [4.69, 9.17) is 9.47 Å². The highest BCUT2D eigenvalue weighted by atomic mass is 16.5. The summed E-state index contributed by atoms with van der Waals surface area (Å²) in [4.78, 5) is 12.3. The predicted octanol–water partition coefficient (Wildman–Crippen LogP) is 5.50. The maximum Gasteiger partial charge on any atom is 0.265 e. The number of carbonyl (C=O) groups excluding carboxylic acids is 1. The fourth-order valence-corrected chi connectivity index (χ4v) is 2.61. The zero-order valence-electron chi connectivity index (χ0n) is 15.7. The molecule has 27 heavy (non-hydrogen) atoms. The van der Waals surface area contributed by atoms with Gasteiger partial charge < -0.3 is 14.8 Å². The summed E-state index contributed by atoms with van der Waals surface area (Å²) >= 11 is 0. The van der Waals surface area contributed by atoms with Crippen molar-refractivity contribution in [2.45, 2.75) is 26.9 Å². The van der Waals surface area contributed by atoms with E-state index in [0.29, 0.717) is 17.2 Å². The maximum absolute atomic E-state index is 12.3. The van der Waals surface area contributed by atoms with Crippen molar-refractivity contribution in [3.05, 3.63) is 83.9 Å². The van der Waals surface area contributed by atoms with Gasteiger partial charge in [-0.1, -0.05) is 24.3 Å². The van der Waals surface area contributed by atoms with Gasteiger partial charge >= 0.3 is 0 Å². The molecule has 1 N–H and O–H groups in total. The van der Waals surface area contributed by atoms with Gasteiger partial charge in [-0.25, -0.2) is 0 Å². The smallest absolute Gasteiger partial charge is 0.265 e. The van der Waals surface area contributed by atoms with Crippen molar-refractivity contribution in [1.29, 1.82) is 0 Å². The van der Waals surface area contributed by atoms with E-state index in [1.165, 1.54) is 0 Å². The Bertz CT molecular complexity index is 919. The van der Waals surface area contributed by atoms with Crippen LogP contribution in [0.25, 0.3) is 0 Å². The Balaban J connectivity index is 1.57. The summed E-state index contributed by atoms with van der Waals surface area (Å²) in [5.74, 6) is 1.97. The average Bonchev–Trinajstić information content (AvgIpc) is 2.63. The summed E-state index contributed by atoms with van der Waals surface area (Å²) in [6.45, 7) is 5.73. The van der Waals surface area contributed by atoms with E-state index in [1.54, 1.807) is 6.92 Å². The Morgan fingerprint density at radius 3 is 2.04 bits per heavy atom. The lowest BCUT2D eigenvalue weighted by Crippen LogP contribution is -2.30. The van der Waals surface area contributed by atoms with Crippen molar-refractivity contribution in [2.75, 3.05) is 5.32 Å². The van der Waals surface area contributed by atoms with Crippen LogP contribution < -0.4 is 14.8 Å². The average molecular weight is 361 g/mol. The molecule has 0 heterocycles. The summed E-state index contributed by atoms with van der Waals surface area (Å²) in [6, 6.07) is 22.8. The van der Waals surface area contributed by atoms with Crippen LogP contribution >= 0.6 is 0 Å². The van der Waals surface area contributed by atoms with Gasteiger partial charge in [-0.2, -0.15) is 0 Å². The van der Waals surface area contributed by atoms with E-state index in [-0.39, 0.29) is 5.91 Å². The van der Waals surface area contributed by atoms with Gasteiger partial charge in [0, 0.05) is 5.69 Å². The van der Waals surface area contributed by atoms with Gasteiger partial charge in [0.2, 0.25) is 0 Å². The molecular weight excluding hydrogens is 338 g/mol. The molecule has 1 amide bonds. The van der Waals surface area contributed by atoms with E-state index in [2.05, 4.69) is 5.32 Å². The van der Waals surface area contributed by atoms with Crippen molar-refractivity contribution in [3.8, 4) is 17.2 Å². The molecule has 0 aromatic heterocycles. The van der Waals surface area contributed by atoms with E-state index in [0.717, 1.165) is 16.9 Å². The van der Waals surface area contributed by atoms with Gasteiger partial charge in [0.1, 0.15) is 17.2 Å². The van der Waals surface area contributed by atoms with Crippen LogP contribution in [0.15, 0.2) is 72.8 Å². The third-order valence-corrected chi connectivity index (χ3v) is 4.02. The Labute approximate surface area is 159 Å². The molecule has 0 bridgehead atoms. The minimum absolute atomic E-state index is 0.205. The number of ether oxygens (including phenoxy) is 2. The number of amides is 1. The molecule has 0 fully saturated rings. The van der Waals surface area contributed by atoms with Crippen LogP contribution in [0.5, 0.6) is 17.2 Å². The van der Waals surface area contributed by atoms with Crippen LogP contribution in [0.1, 0.15) is 18.1 Å². The molecule has 3 aromatic rings. The van der Waals surface area contributed by atoms with Crippen LogP contribution in [-0.2, 0) is 4.79 Å². The van der Waals surface area contributed by atoms with Gasteiger partial charge in [-0.05, 0) is 80.4 Å². The summed E-state index contributed by atoms with van der Waals surface area (Å²) in [7, 11) is 0. The number of hydrogen-bond acceptors (Lipinski definition) is 3. The molecule has 0 unspecified atom stereocenters. The Kier molecular flexibility index (Phi) is 5.77. The number of anilines is 1. The molecule has 0 aliphatic carbocycles. The quantitative estimate of drug-likeness (QED) is 0.630. The van der Waals surface area contributed by atoms with Gasteiger partial charge in [-0.15, -0.1) is 0 Å². The first-order valence-electron chi connectivity index (χ1n) is 8.88. The molecule has 0 saturated heterocycles. The highest BCUT2D eigenvalue weighted by Gasteiger charge is 2.15. The first-order chi connectivity index (χ1) is 13.0. The van der Waals surface area contributed by atoms with Crippen LogP contribution in [0.4, 0.5) is 5.69 Å². The van der Waals surface area contributed by atoms with Gasteiger partial charge in [0.15, 0.2) is 6.10 Å². The number of rotatable bonds is 6. The lowest BCUT2D eigenvalue weighted by Gasteiger charge is -2.15. The van der Waals surface area contributed by atoms with Crippen molar-refractivity contribution < 1.29 is 14.3 Å². The highest BCUT2D eigenvalue weighted by Crippen LogP contribution is 2.24. The summed E-state index contributed by atoms with van der Waals surface area (Å²) in [6.07, 6.45) is -0.602. The van der Waals surface area contributed by atoms with Crippen molar-refractivity contribution >= 4 is 11.6 Å². The molecule has 3 rings (SSSR count). The van der Waals surface area contributed by atoms with E-state index >= 15 is 0 Å². The van der Waals surface area contributed by atoms with Crippen molar-refractivity contribution in [3.63, 3.8) is 0 Å². The first kappa shape index (κ1) is 18.5. The van der Waals surface area contributed by atoms with Crippen molar-refractivity contribution in [1.82, 2.24) is 0 Å². The largest absolute Gasteiger partial charge is 0.481 e. The molecule has 0 aliphatic heterocycles. The van der Waals surface area contributed by atoms with Crippen LogP contribution in [-0.4, -0.2) is 12.0 Å². The van der Waals surface area contributed by atoms with Crippen LogP contribution in [0.3, 0.4) is 0 Å². The lowest BCUT2D eigenvalue weighted by atomic mass is 10.2. The van der Waals surface area contributed by atoms with Gasteiger partial charge in [0.05, 0.1) is 0 Å². The molecular formula is C23H23NO3. The number of nitrogens with one attached hydrogen (secondary N) is 1. The second-order valence-electron chi connectivity index (χ2n) is 6.51. The Hall–Kier alpha value is -3.27. The molecule has 138 valence electrons. The second kappa shape index (κ2) is 8.41. The molecule has 4 heteroatoms. The van der Waals surface area contributed by atoms with Gasteiger partial charge in [0.25, 0.3) is 5.91 Å². The molecule has 1 atom stereocenters. The lowest BCUT2D eigenvalue weighted by molar-refractivity contribution is -0.122. The minimum atomic E-state index is -0.602. The van der Waals surface area contributed by atoms with Gasteiger partial charge in [-0.3, -0.25) is 4.79 Å². The van der Waals surface area contributed by atoms with E-state index in [1.807, 2.05) is 86.6 Å². The Morgan fingerprint density at radius 1 is 0.815 bits per heavy atom. The topological polar surface area (TPSA) is 47.6 Å². The third-order valence-electron chi connectivity index (χ3n) is 4.02. The highest BCUT2D eigenvalue weighted by molar-refractivity contribution is 5.94. The first-order valence-corrected chi connectivity index (χ1v) is 8.88. The standard InChI is InChI=1S/C23H23NO3/c1-16-6-4-8-21(14-16)26-18(3)23(25)24-19-10-12-20(13-11-19)27-22-9-5-7-17(2)15-22/h4-15,18H,1-3H3,(H,24,25)/t18-/m1/s1. The summed E-state index contributed by atoms with van der Waals surface area (Å²) in [5, 5.41) is 2.86. The number of aryl methyl sites for hydroxylation is 2. The van der Waals surface area contributed by atoms with Crippen LogP contribution in [0.2, 0.25) is 0 Å². The molecule has 0 spiro atoms. The maximum atomic E-state index is 12.3. The molecule has 3 aromatic carbocycles. The van der Waals surface area contributed by atoms with Crippen LogP contribution in [0, 0.1) is 13.8 Å². The minimum Gasteiger partial charge on any atom is -0.481 e. The van der Waals surface area contributed by atoms with E-state index < -0.39 is 6.10 Å². The second-order valence-corrected chi connectivity index (χ2v) is 6.51. The zero-order chi connectivity index (χ0) is 19.2. The Morgan fingerprint density at radius 2 is 1.41 bits per heavy atom. The zero-order valence-corrected chi connectivity index (χ0v) is 15.7. The fourth-order valence-electron chi connectivity index (χ4n) is 2.61. The number of benzene rings is 3. The summed E-state index contributed by atoms with van der Waals surface area (Å²) < 4.78 is 11.5. The monoisotopic (exact) mass is 361 g/mol.